The third-order valence-electron chi connectivity index (χ3n) is 4.80. The van der Waals surface area contributed by atoms with Crippen LogP contribution in [0.1, 0.15) is 37.7 Å². The van der Waals surface area contributed by atoms with Gasteiger partial charge in [0.05, 0.1) is 10.6 Å². The molecule has 1 aliphatic carbocycles. The first-order chi connectivity index (χ1) is 12.0. The van der Waals surface area contributed by atoms with Gasteiger partial charge >= 0.3 is 0 Å². The van der Waals surface area contributed by atoms with Crippen LogP contribution in [0.2, 0.25) is 0 Å². The standard InChI is InChI=1S/C19H25N3O2S/c1-14-7-6-12-21-19(14)17-13-16(25(23,24)20-2)10-11-18(17)22-15-8-4-3-5-9-15/h6-7,10-13,15,20,22H,3-5,8-9H2,1-2H3. The van der Waals surface area contributed by atoms with Crippen molar-refractivity contribution in [2.45, 2.75) is 50.0 Å². The van der Waals surface area contributed by atoms with Gasteiger partial charge in [0, 0.05) is 23.5 Å². The molecule has 0 amide bonds. The molecule has 1 saturated carbocycles. The highest BCUT2D eigenvalue weighted by atomic mass is 32.2. The number of sulfonamides is 1. The molecule has 0 saturated heterocycles. The zero-order chi connectivity index (χ0) is 17.9. The normalized spacial score (nSPS) is 15.9. The first-order valence-corrected chi connectivity index (χ1v) is 10.3. The van der Waals surface area contributed by atoms with Gasteiger partial charge in [0.2, 0.25) is 10.0 Å². The summed E-state index contributed by atoms with van der Waals surface area (Å²) in [4.78, 5) is 4.75. The molecule has 6 heteroatoms. The topological polar surface area (TPSA) is 71.1 Å². The maximum atomic E-state index is 12.2. The Bertz CT molecular complexity index is 843. The van der Waals surface area contributed by atoms with Crippen LogP contribution in [0.5, 0.6) is 0 Å². The average Bonchev–Trinajstić information content (AvgIpc) is 2.63. The molecule has 0 atom stereocenters. The maximum Gasteiger partial charge on any atom is 0.240 e. The Morgan fingerprint density at radius 3 is 2.56 bits per heavy atom. The molecule has 0 aliphatic heterocycles. The summed E-state index contributed by atoms with van der Waals surface area (Å²) in [6, 6.07) is 9.55. The fourth-order valence-corrected chi connectivity index (χ4v) is 4.12. The van der Waals surface area contributed by atoms with Crippen LogP contribution in [0, 0.1) is 6.92 Å². The van der Waals surface area contributed by atoms with E-state index in [1.54, 1.807) is 18.3 Å². The Kier molecular flexibility index (Phi) is 5.39. The van der Waals surface area contributed by atoms with E-state index in [0.717, 1.165) is 35.3 Å². The van der Waals surface area contributed by atoms with Gasteiger partial charge in [-0.2, -0.15) is 0 Å². The SMILES string of the molecule is CNS(=O)(=O)c1ccc(NC2CCCCC2)c(-c2ncccc2C)c1. The second-order valence-electron chi connectivity index (χ2n) is 6.56. The fraction of sp³-hybridized carbons (Fsp3) is 0.421. The number of benzene rings is 1. The molecule has 1 aliphatic rings. The fourth-order valence-electron chi connectivity index (χ4n) is 3.36. The van der Waals surface area contributed by atoms with Crippen LogP contribution in [-0.2, 0) is 10.0 Å². The van der Waals surface area contributed by atoms with Crippen LogP contribution in [0.3, 0.4) is 0 Å². The summed E-state index contributed by atoms with van der Waals surface area (Å²) in [6.45, 7) is 1.99. The smallest absolute Gasteiger partial charge is 0.240 e. The van der Waals surface area contributed by atoms with E-state index >= 15 is 0 Å². The Hall–Kier alpha value is -1.92. The van der Waals surface area contributed by atoms with Gasteiger partial charge in [-0.1, -0.05) is 25.3 Å². The summed E-state index contributed by atoms with van der Waals surface area (Å²) in [6.07, 6.45) is 7.81. The molecule has 134 valence electrons. The Morgan fingerprint density at radius 2 is 1.88 bits per heavy atom. The molecular weight excluding hydrogens is 334 g/mol. The van der Waals surface area contributed by atoms with Crippen molar-refractivity contribution in [3.05, 3.63) is 42.1 Å². The predicted octanol–water partition coefficient (Wildman–Crippen LogP) is 3.71. The summed E-state index contributed by atoms with van der Waals surface area (Å²) >= 11 is 0. The summed E-state index contributed by atoms with van der Waals surface area (Å²) in [5.41, 5.74) is 3.62. The van der Waals surface area contributed by atoms with Gasteiger partial charge in [0.25, 0.3) is 0 Å². The molecule has 3 rings (SSSR count). The van der Waals surface area contributed by atoms with Crippen LogP contribution < -0.4 is 10.0 Å². The quantitative estimate of drug-likeness (QED) is 0.854. The molecule has 1 aromatic heterocycles. The minimum atomic E-state index is -3.50. The summed E-state index contributed by atoms with van der Waals surface area (Å²) < 4.78 is 26.8. The van der Waals surface area contributed by atoms with E-state index in [1.165, 1.54) is 26.3 Å². The first kappa shape index (κ1) is 17.9. The van der Waals surface area contributed by atoms with Crippen molar-refractivity contribution in [1.82, 2.24) is 9.71 Å². The zero-order valence-corrected chi connectivity index (χ0v) is 15.6. The highest BCUT2D eigenvalue weighted by Gasteiger charge is 2.19. The lowest BCUT2D eigenvalue weighted by molar-refractivity contribution is 0.463. The number of hydrogen-bond acceptors (Lipinski definition) is 4. The van der Waals surface area contributed by atoms with E-state index < -0.39 is 10.0 Å². The minimum absolute atomic E-state index is 0.254. The molecule has 1 fully saturated rings. The monoisotopic (exact) mass is 359 g/mol. The number of nitrogens with zero attached hydrogens (tertiary/aromatic N) is 1. The van der Waals surface area contributed by atoms with E-state index in [2.05, 4.69) is 15.0 Å². The molecular formula is C19H25N3O2S. The van der Waals surface area contributed by atoms with E-state index in [-0.39, 0.29) is 4.90 Å². The van der Waals surface area contributed by atoms with Crippen LogP contribution in [-0.4, -0.2) is 26.5 Å². The van der Waals surface area contributed by atoms with Crippen molar-refractivity contribution in [2.24, 2.45) is 0 Å². The zero-order valence-electron chi connectivity index (χ0n) is 14.7. The van der Waals surface area contributed by atoms with Gasteiger partial charge < -0.3 is 5.32 Å². The van der Waals surface area contributed by atoms with E-state index in [0.29, 0.717) is 6.04 Å². The highest BCUT2D eigenvalue weighted by molar-refractivity contribution is 7.89. The number of aromatic nitrogens is 1. The maximum absolute atomic E-state index is 12.2. The number of nitrogens with one attached hydrogen (secondary N) is 2. The average molecular weight is 359 g/mol. The van der Waals surface area contributed by atoms with Crippen molar-refractivity contribution in [2.75, 3.05) is 12.4 Å². The summed E-state index contributed by atoms with van der Waals surface area (Å²) in [7, 11) is -2.07. The van der Waals surface area contributed by atoms with E-state index in [4.69, 9.17) is 0 Å². The molecule has 0 unspecified atom stereocenters. The van der Waals surface area contributed by atoms with Crippen molar-refractivity contribution in [3.8, 4) is 11.3 Å². The Labute approximate surface area is 149 Å². The molecule has 2 aromatic rings. The lowest BCUT2D eigenvalue weighted by atomic mass is 9.94. The van der Waals surface area contributed by atoms with Gasteiger partial charge in [0.15, 0.2) is 0 Å². The molecule has 1 heterocycles. The van der Waals surface area contributed by atoms with Crippen LogP contribution in [0.25, 0.3) is 11.3 Å². The number of anilines is 1. The number of hydrogen-bond donors (Lipinski definition) is 2. The van der Waals surface area contributed by atoms with Gasteiger partial charge in [-0.05, 0) is 56.6 Å². The van der Waals surface area contributed by atoms with Crippen LogP contribution in [0.15, 0.2) is 41.4 Å². The Morgan fingerprint density at radius 1 is 1.12 bits per heavy atom. The first-order valence-electron chi connectivity index (χ1n) is 8.77. The van der Waals surface area contributed by atoms with Crippen LogP contribution >= 0.6 is 0 Å². The number of pyridine rings is 1. The Balaban J connectivity index is 2.06. The lowest BCUT2D eigenvalue weighted by Crippen LogP contribution is -2.23. The second-order valence-corrected chi connectivity index (χ2v) is 8.45. The van der Waals surface area contributed by atoms with Crippen molar-refractivity contribution < 1.29 is 8.42 Å². The number of rotatable bonds is 5. The number of aryl methyl sites for hydroxylation is 1. The van der Waals surface area contributed by atoms with Gasteiger partial charge in [-0.3, -0.25) is 4.98 Å². The van der Waals surface area contributed by atoms with E-state index in [1.807, 2.05) is 25.1 Å². The molecule has 2 N–H and O–H groups in total. The molecule has 0 spiro atoms. The molecule has 0 radical (unpaired) electrons. The summed E-state index contributed by atoms with van der Waals surface area (Å²) in [5, 5.41) is 3.62. The van der Waals surface area contributed by atoms with Gasteiger partial charge in [-0.25, -0.2) is 13.1 Å². The van der Waals surface area contributed by atoms with Crippen molar-refractivity contribution >= 4 is 15.7 Å². The molecule has 5 nitrogen and oxygen atoms in total. The third-order valence-corrected chi connectivity index (χ3v) is 6.21. The minimum Gasteiger partial charge on any atom is -0.382 e. The molecule has 1 aromatic carbocycles. The predicted molar refractivity (Wildman–Crippen MR) is 101 cm³/mol. The van der Waals surface area contributed by atoms with E-state index in [9.17, 15) is 8.42 Å². The van der Waals surface area contributed by atoms with Crippen molar-refractivity contribution in [1.29, 1.82) is 0 Å². The highest BCUT2D eigenvalue weighted by Crippen LogP contribution is 2.33. The molecule has 0 bridgehead atoms. The van der Waals surface area contributed by atoms with Gasteiger partial charge in [0.1, 0.15) is 0 Å². The third kappa shape index (κ3) is 4.02. The summed E-state index contributed by atoms with van der Waals surface area (Å²) in [5.74, 6) is 0. The largest absolute Gasteiger partial charge is 0.382 e. The lowest BCUT2D eigenvalue weighted by Gasteiger charge is -2.25. The van der Waals surface area contributed by atoms with Crippen molar-refractivity contribution in [3.63, 3.8) is 0 Å². The van der Waals surface area contributed by atoms with Gasteiger partial charge in [-0.15, -0.1) is 0 Å². The second kappa shape index (κ2) is 7.54. The van der Waals surface area contributed by atoms with Crippen LogP contribution in [0.4, 0.5) is 5.69 Å². The molecule has 25 heavy (non-hydrogen) atoms.